The summed E-state index contributed by atoms with van der Waals surface area (Å²) in [5.74, 6) is 1.85. The normalized spacial score (nSPS) is 12.1. The molecule has 0 fully saturated rings. The monoisotopic (exact) mass is 288 g/mol. The Morgan fingerprint density at radius 3 is 2.60 bits per heavy atom. The standard InChI is InChI=1S/C16H20N2OS/c1-3-17-15(12-20-16-6-4-5-11-18-16)13-7-9-14(19-2)10-8-13/h4-11,15,17H,3,12H2,1-2H3. The molecule has 0 saturated heterocycles. The van der Waals surface area contributed by atoms with Crippen LogP contribution in [0.15, 0.2) is 53.7 Å². The van der Waals surface area contributed by atoms with Crippen molar-refractivity contribution in [1.82, 2.24) is 10.3 Å². The summed E-state index contributed by atoms with van der Waals surface area (Å²) >= 11 is 1.77. The van der Waals surface area contributed by atoms with Gasteiger partial charge < -0.3 is 10.1 Å². The quantitative estimate of drug-likeness (QED) is 0.790. The Labute approximate surface area is 124 Å². The van der Waals surface area contributed by atoms with Crippen molar-refractivity contribution in [2.24, 2.45) is 0 Å². The van der Waals surface area contributed by atoms with Crippen molar-refractivity contribution in [3.63, 3.8) is 0 Å². The maximum atomic E-state index is 5.20. The Balaban J connectivity index is 2.02. The van der Waals surface area contributed by atoms with Gasteiger partial charge in [0.1, 0.15) is 5.75 Å². The van der Waals surface area contributed by atoms with Crippen molar-refractivity contribution >= 4 is 11.8 Å². The summed E-state index contributed by atoms with van der Waals surface area (Å²) in [4.78, 5) is 4.35. The van der Waals surface area contributed by atoms with Gasteiger partial charge in [0, 0.05) is 18.0 Å². The Hall–Kier alpha value is -1.52. The number of thioether (sulfide) groups is 1. The van der Waals surface area contributed by atoms with Crippen LogP contribution in [0.1, 0.15) is 18.5 Å². The van der Waals surface area contributed by atoms with Crippen molar-refractivity contribution in [2.45, 2.75) is 18.0 Å². The Kier molecular flexibility index (Phi) is 5.89. The van der Waals surface area contributed by atoms with Gasteiger partial charge in [-0.3, -0.25) is 0 Å². The van der Waals surface area contributed by atoms with E-state index in [2.05, 4.69) is 29.4 Å². The average molecular weight is 288 g/mol. The van der Waals surface area contributed by atoms with Crippen LogP contribution < -0.4 is 10.1 Å². The molecule has 0 aliphatic rings. The number of benzene rings is 1. The number of ether oxygens (including phenoxy) is 1. The molecule has 3 nitrogen and oxygen atoms in total. The first kappa shape index (κ1) is 14.9. The lowest BCUT2D eigenvalue weighted by molar-refractivity contribution is 0.414. The van der Waals surface area contributed by atoms with Gasteiger partial charge in [-0.1, -0.05) is 25.1 Å². The fourth-order valence-corrected chi connectivity index (χ4v) is 2.91. The number of nitrogens with one attached hydrogen (secondary N) is 1. The predicted octanol–water partition coefficient (Wildman–Crippen LogP) is 3.53. The first-order valence-electron chi connectivity index (χ1n) is 6.74. The lowest BCUT2D eigenvalue weighted by Crippen LogP contribution is -2.22. The summed E-state index contributed by atoms with van der Waals surface area (Å²) in [5, 5.41) is 4.58. The van der Waals surface area contributed by atoms with Crippen molar-refractivity contribution < 1.29 is 4.74 Å². The second-order valence-electron chi connectivity index (χ2n) is 4.36. The molecule has 0 radical (unpaired) electrons. The van der Waals surface area contributed by atoms with E-state index < -0.39 is 0 Å². The molecular weight excluding hydrogens is 268 g/mol. The first-order valence-corrected chi connectivity index (χ1v) is 7.73. The molecule has 2 aromatic rings. The lowest BCUT2D eigenvalue weighted by atomic mass is 10.1. The molecule has 0 spiro atoms. The zero-order valence-electron chi connectivity index (χ0n) is 11.9. The molecule has 0 amide bonds. The molecule has 2 rings (SSSR count). The molecule has 4 heteroatoms. The molecule has 1 aromatic heterocycles. The second kappa shape index (κ2) is 7.92. The van der Waals surface area contributed by atoms with Gasteiger partial charge in [0.05, 0.1) is 12.1 Å². The van der Waals surface area contributed by atoms with Crippen LogP contribution in [0.3, 0.4) is 0 Å². The van der Waals surface area contributed by atoms with Crippen molar-refractivity contribution in [1.29, 1.82) is 0 Å². The van der Waals surface area contributed by atoms with E-state index in [9.17, 15) is 0 Å². The Morgan fingerprint density at radius 2 is 2.00 bits per heavy atom. The fourth-order valence-electron chi connectivity index (χ4n) is 1.96. The molecule has 1 aromatic carbocycles. The predicted molar refractivity (Wildman–Crippen MR) is 84.4 cm³/mol. The minimum Gasteiger partial charge on any atom is -0.497 e. The highest BCUT2D eigenvalue weighted by atomic mass is 32.2. The van der Waals surface area contributed by atoms with E-state index in [0.29, 0.717) is 6.04 Å². The van der Waals surface area contributed by atoms with E-state index in [1.807, 2.05) is 36.5 Å². The number of aromatic nitrogens is 1. The zero-order valence-corrected chi connectivity index (χ0v) is 12.7. The number of rotatable bonds is 7. The summed E-state index contributed by atoms with van der Waals surface area (Å²) < 4.78 is 5.20. The highest BCUT2D eigenvalue weighted by Crippen LogP contribution is 2.24. The first-order chi connectivity index (χ1) is 9.83. The second-order valence-corrected chi connectivity index (χ2v) is 5.40. The number of nitrogens with zero attached hydrogens (tertiary/aromatic N) is 1. The highest BCUT2D eigenvalue weighted by Gasteiger charge is 2.11. The van der Waals surface area contributed by atoms with Gasteiger partial charge >= 0.3 is 0 Å². The number of methoxy groups -OCH3 is 1. The molecule has 1 heterocycles. The van der Waals surface area contributed by atoms with Gasteiger partial charge in [-0.05, 0) is 36.4 Å². The SMILES string of the molecule is CCNC(CSc1ccccn1)c1ccc(OC)cc1. The Bertz CT molecular complexity index is 502. The van der Waals surface area contributed by atoms with Gasteiger partial charge in [0.25, 0.3) is 0 Å². The maximum Gasteiger partial charge on any atom is 0.118 e. The largest absolute Gasteiger partial charge is 0.497 e. The topological polar surface area (TPSA) is 34.2 Å². The molecule has 1 atom stereocenters. The third-order valence-electron chi connectivity index (χ3n) is 3.00. The average Bonchev–Trinajstić information content (AvgIpc) is 2.52. The van der Waals surface area contributed by atoms with E-state index in [1.54, 1.807) is 18.9 Å². The third kappa shape index (κ3) is 4.25. The summed E-state index contributed by atoms with van der Waals surface area (Å²) in [6, 6.07) is 14.6. The fraction of sp³-hybridized carbons (Fsp3) is 0.312. The molecule has 1 N–H and O–H groups in total. The lowest BCUT2D eigenvalue weighted by Gasteiger charge is -2.18. The van der Waals surface area contributed by atoms with Crippen LogP contribution in [-0.2, 0) is 0 Å². The molecule has 1 unspecified atom stereocenters. The smallest absolute Gasteiger partial charge is 0.118 e. The summed E-state index contributed by atoms with van der Waals surface area (Å²) in [6.07, 6.45) is 1.83. The number of pyridine rings is 1. The molecule has 0 saturated carbocycles. The Morgan fingerprint density at radius 1 is 1.20 bits per heavy atom. The van der Waals surface area contributed by atoms with E-state index in [1.165, 1.54) is 5.56 Å². The van der Waals surface area contributed by atoms with Gasteiger partial charge in [0.15, 0.2) is 0 Å². The van der Waals surface area contributed by atoms with Gasteiger partial charge in [-0.25, -0.2) is 4.98 Å². The van der Waals surface area contributed by atoms with Crippen molar-refractivity contribution in [3.8, 4) is 5.75 Å². The van der Waals surface area contributed by atoms with E-state index >= 15 is 0 Å². The summed E-state index contributed by atoms with van der Waals surface area (Å²) in [7, 11) is 1.69. The van der Waals surface area contributed by atoms with E-state index in [0.717, 1.165) is 23.1 Å². The minimum absolute atomic E-state index is 0.318. The van der Waals surface area contributed by atoms with Gasteiger partial charge in [-0.15, -0.1) is 11.8 Å². The van der Waals surface area contributed by atoms with Crippen LogP contribution in [0.4, 0.5) is 0 Å². The summed E-state index contributed by atoms with van der Waals surface area (Å²) in [6.45, 7) is 3.07. The van der Waals surface area contributed by atoms with Crippen molar-refractivity contribution in [3.05, 3.63) is 54.2 Å². The zero-order chi connectivity index (χ0) is 14.2. The highest BCUT2D eigenvalue weighted by molar-refractivity contribution is 7.99. The minimum atomic E-state index is 0.318. The van der Waals surface area contributed by atoms with Crippen LogP contribution >= 0.6 is 11.8 Å². The van der Waals surface area contributed by atoms with E-state index in [-0.39, 0.29) is 0 Å². The molecule has 20 heavy (non-hydrogen) atoms. The van der Waals surface area contributed by atoms with Gasteiger partial charge in [-0.2, -0.15) is 0 Å². The number of hydrogen-bond donors (Lipinski definition) is 1. The maximum absolute atomic E-state index is 5.20. The summed E-state index contributed by atoms with van der Waals surface area (Å²) in [5.41, 5.74) is 1.27. The molecule has 0 aliphatic heterocycles. The van der Waals surface area contributed by atoms with Crippen LogP contribution in [-0.4, -0.2) is 24.4 Å². The van der Waals surface area contributed by atoms with Crippen molar-refractivity contribution in [2.75, 3.05) is 19.4 Å². The molecule has 106 valence electrons. The van der Waals surface area contributed by atoms with Crippen LogP contribution in [0.25, 0.3) is 0 Å². The van der Waals surface area contributed by atoms with Crippen LogP contribution in [0.2, 0.25) is 0 Å². The molecular formula is C16H20N2OS. The molecule has 0 aliphatic carbocycles. The number of hydrogen-bond acceptors (Lipinski definition) is 4. The van der Waals surface area contributed by atoms with E-state index in [4.69, 9.17) is 4.74 Å². The molecule has 0 bridgehead atoms. The van der Waals surface area contributed by atoms with Gasteiger partial charge in [0.2, 0.25) is 0 Å². The third-order valence-corrected chi connectivity index (χ3v) is 4.04. The van der Waals surface area contributed by atoms with Crippen LogP contribution in [0, 0.1) is 0 Å². The van der Waals surface area contributed by atoms with Crippen LogP contribution in [0.5, 0.6) is 5.75 Å².